The van der Waals surface area contributed by atoms with Crippen LogP contribution in [-0.2, 0) is 0 Å². The van der Waals surface area contributed by atoms with Gasteiger partial charge in [0.05, 0.1) is 16.0 Å². The summed E-state index contributed by atoms with van der Waals surface area (Å²) in [5.41, 5.74) is 3.29. The monoisotopic (exact) mass is 366 g/mol. The summed E-state index contributed by atoms with van der Waals surface area (Å²) >= 11 is 0. The van der Waals surface area contributed by atoms with Crippen molar-refractivity contribution in [1.29, 1.82) is 0 Å². The molecule has 1 heterocycles. The first kappa shape index (κ1) is 18.9. The highest BCUT2D eigenvalue weighted by Crippen LogP contribution is 2.34. The molecule has 0 unspecified atom stereocenters. The molecule has 1 fully saturated rings. The number of H-pyrrole nitrogens is 1. The lowest BCUT2D eigenvalue weighted by Gasteiger charge is -2.28. The van der Waals surface area contributed by atoms with Crippen LogP contribution in [0.3, 0.4) is 0 Å². The molecule has 6 nitrogen and oxygen atoms in total. The van der Waals surface area contributed by atoms with Gasteiger partial charge in [0.25, 0.3) is 5.69 Å². The molecule has 0 radical (unpaired) electrons. The van der Waals surface area contributed by atoms with E-state index in [2.05, 4.69) is 29.1 Å². The van der Waals surface area contributed by atoms with E-state index in [4.69, 9.17) is 0 Å². The minimum Gasteiger partial charge on any atom is -0.326 e. The lowest BCUT2D eigenvalue weighted by atomic mass is 9.78. The van der Waals surface area contributed by atoms with Crippen LogP contribution in [0.1, 0.15) is 46.0 Å². The van der Waals surface area contributed by atoms with E-state index in [0.29, 0.717) is 11.4 Å². The third-order valence-electron chi connectivity index (χ3n) is 4.94. The summed E-state index contributed by atoms with van der Waals surface area (Å²) in [6.07, 6.45) is 7.31. The molecular weight excluding hydrogens is 340 g/mol. The molecule has 0 atom stereocenters. The number of para-hydroxylation sites is 2. The maximum Gasteiger partial charge on any atom is 0.269 e. The molecule has 1 saturated carbocycles. The number of nitro groups is 1. The molecule has 1 aliphatic carbocycles. The molecular formula is C21H26N4O2. The van der Waals surface area contributed by atoms with Gasteiger partial charge in [0.15, 0.2) is 0 Å². The van der Waals surface area contributed by atoms with E-state index >= 15 is 0 Å². The van der Waals surface area contributed by atoms with E-state index in [1.54, 1.807) is 12.1 Å². The molecule has 142 valence electrons. The summed E-state index contributed by atoms with van der Waals surface area (Å²) in [5, 5.41) is 13.6. The number of non-ortho nitro benzene ring substituents is 1. The second kappa shape index (κ2) is 8.20. The fraction of sp³-hybridized carbons (Fsp3) is 0.381. The molecule has 0 saturated heterocycles. The summed E-state index contributed by atoms with van der Waals surface area (Å²) in [6.45, 7) is 4.76. The second-order valence-corrected chi connectivity index (χ2v) is 7.76. The average molecular weight is 366 g/mol. The Balaban J connectivity index is 0.000000221. The Morgan fingerprint density at radius 2 is 1.70 bits per heavy atom. The minimum atomic E-state index is -0.426. The standard InChI is InChI=1S/C13H10N4O2.C8H16/c18-17(19)10-7-5-9(6-8-10)14-13-15-11-3-1-2-4-12(11)16-13;1-8(2)6-4-3-5-7-8/h1-8H,(H2,14,15,16);3-7H2,1-2H3. The van der Waals surface area contributed by atoms with Gasteiger partial charge in [-0.3, -0.25) is 10.1 Å². The summed E-state index contributed by atoms with van der Waals surface area (Å²) in [4.78, 5) is 17.6. The van der Waals surface area contributed by atoms with Gasteiger partial charge >= 0.3 is 0 Å². The SMILES string of the molecule is CC1(C)CCCCC1.O=[N+]([O-])c1ccc(Nc2nc3ccccc3[nH]2)cc1. The van der Waals surface area contributed by atoms with Crippen LogP contribution in [0.2, 0.25) is 0 Å². The van der Waals surface area contributed by atoms with Crippen LogP contribution >= 0.6 is 0 Å². The van der Waals surface area contributed by atoms with Crippen molar-refractivity contribution in [2.24, 2.45) is 5.41 Å². The first-order chi connectivity index (χ1) is 12.9. The third kappa shape index (κ3) is 5.29. The highest BCUT2D eigenvalue weighted by Gasteiger charge is 2.19. The van der Waals surface area contributed by atoms with Crippen molar-refractivity contribution in [3.05, 3.63) is 58.6 Å². The van der Waals surface area contributed by atoms with Crippen LogP contribution in [-0.4, -0.2) is 14.9 Å². The number of aromatic nitrogens is 2. The van der Waals surface area contributed by atoms with Gasteiger partial charge in [0.2, 0.25) is 5.95 Å². The maximum absolute atomic E-state index is 10.6. The van der Waals surface area contributed by atoms with Crippen LogP contribution in [0.25, 0.3) is 11.0 Å². The summed E-state index contributed by atoms with van der Waals surface area (Å²) < 4.78 is 0. The summed E-state index contributed by atoms with van der Waals surface area (Å²) in [7, 11) is 0. The molecule has 1 aliphatic rings. The highest BCUT2D eigenvalue weighted by atomic mass is 16.6. The van der Waals surface area contributed by atoms with Crippen molar-refractivity contribution in [2.75, 3.05) is 5.32 Å². The molecule has 0 spiro atoms. The van der Waals surface area contributed by atoms with Crippen LogP contribution in [0.15, 0.2) is 48.5 Å². The van der Waals surface area contributed by atoms with Gasteiger partial charge in [-0.1, -0.05) is 45.2 Å². The molecule has 6 heteroatoms. The quantitative estimate of drug-likeness (QED) is 0.427. The highest BCUT2D eigenvalue weighted by molar-refractivity contribution is 5.78. The lowest BCUT2D eigenvalue weighted by molar-refractivity contribution is -0.384. The van der Waals surface area contributed by atoms with Crippen LogP contribution < -0.4 is 5.32 Å². The van der Waals surface area contributed by atoms with Crippen molar-refractivity contribution in [1.82, 2.24) is 9.97 Å². The van der Waals surface area contributed by atoms with Crippen molar-refractivity contribution in [3.8, 4) is 0 Å². The molecule has 27 heavy (non-hydrogen) atoms. The van der Waals surface area contributed by atoms with Gasteiger partial charge in [0, 0.05) is 17.8 Å². The Bertz CT molecular complexity index is 859. The number of nitrogens with zero attached hydrogens (tertiary/aromatic N) is 2. The number of nitrogens with one attached hydrogen (secondary N) is 2. The van der Waals surface area contributed by atoms with Gasteiger partial charge in [-0.05, 0) is 42.5 Å². The number of benzene rings is 2. The molecule has 2 aromatic carbocycles. The number of fused-ring (bicyclic) bond motifs is 1. The molecule has 4 rings (SSSR count). The number of anilines is 2. The normalized spacial score (nSPS) is 15.6. The largest absolute Gasteiger partial charge is 0.326 e. The van der Waals surface area contributed by atoms with Gasteiger partial charge < -0.3 is 10.3 Å². The van der Waals surface area contributed by atoms with E-state index in [0.717, 1.165) is 16.7 Å². The Hall–Kier alpha value is -2.89. The molecule has 3 aromatic rings. The van der Waals surface area contributed by atoms with E-state index in [9.17, 15) is 10.1 Å². The smallest absolute Gasteiger partial charge is 0.269 e. The van der Waals surface area contributed by atoms with Gasteiger partial charge in [-0.2, -0.15) is 0 Å². The van der Waals surface area contributed by atoms with Crippen molar-refractivity contribution in [3.63, 3.8) is 0 Å². The van der Waals surface area contributed by atoms with E-state index in [1.807, 2.05) is 24.3 Å². The minimum absolute atomic E-state index is 0.0650. The second-order valence-electron chi connectivity index (χ2n) is 7.76. The zero-order chi connectivity index (χ0) is 19.3. The Kier molecular flexibility index (Phi) is 5.74. The number of nitro benzene ring substituents is 1. The Labute approximate surface area is 159 Å². The molecule has 0 bridgehead atoms. The molecule has 2 N–H and O–H groups in total. The fourth-order valence-electron chi connectivity index (χ4n) is 3.32. The van der Waals surface area contributed by atoms with Crippen molar-refractivity contribution in [2.45, 2.75) is 46.0 Å². The number of hydrogen-bond acceptors (Lipinski definition) is 4. The topological polar surface area (TPSA) is 83.8 Å². The lowest BCUT2D eigenvalue weighted by Crippen LogP contribution is -2.14. The zero-order valence-corrected chi connectivity index (χ0v) is 15.9. The van der Waals surface area contributed by atoms with Gasteiger partial charge in [0.1, 0.15) is 0 Å². The van der Waals surface area contributed by atoms with Crippen molar-refractivity contribution >= 4 is 28.4 Å². The molecule has 0 aliphatic heterocycles. The number of rotatable bonds is 3. The number of hydrogen-bond donors (Lipinski definition) is 2. The van der Waals surface area contributed by atoms with E-state index in [1.165, 1.54) is 44.2 Å². The Morgan fingerprint density at radius 3 is 2.26 bits per heavy atom. The van der Waals surface area contributed by atoms with Crippen LogP contribution in [0.4, 0.5) is 17.3 Å². The molecule has 1 aromatic heterocycles. The van der Waals surface area contributed by atoms with Gasteiger partial charge in [-0.15, -0.1) is 0 Å². The van der Waals surface area contributed by atoms with Crippen LogP contribution in [0.5, 0.6) is 0 Å². The first-order valence-electron chi connectivity index (χ1n) is 9.39. The van der Waals surface area contributed by atoms with Crippen LogP contribution in [0, 0.1) is 15.5 Å². The molecule has 0 amide bonds. The Morgan fingerprint density at radius 1 is 1.04 bits per heavy atom. The predicted octanol–water partition coefficient (Wildman–Crippen LogP) is 6.19. The first-order valence-corrected chi connectivity index (χ1v) is 9.39. The number of aromatic amines is 1. The average Bonchev–Trinajstić information content (AvgIpc) is 3.05. The zero-order valence-electron chi connectivity index (χ0n) is 15.9. The van der Waals surface area contributed by atoms with E-state index < -0.39 is 4.92 Å². The summed E-state index contributed by atoms with van der Waals surface area (Å²) in [6, 6.07) is 13.9. The number of imidazole rings is 1. The van der Waals surface area contributed by atoms with Crippen molar-refractivity contribution < 1.29 is 4.92 Å². The third-order valence-corrected chi connectivity index (χ3v) is 4.94. The summed E-state index contributed by atoms with van der Waals surface area (Å²) in [5.74, 6) is 0.607. The predicted molar refractivity (Wildman–Crippen MR) is 109 cm³/mol. The fourth-order valence-corrected chi connectivity index (χ4v) is 3.32. The van der Waals surface area contributed by atoms with Gasteiger partial charge in [-0.25, -0.2) is 4.98 Å². The van der Waals surface area contributed by atoms with E-state index in [-0.39, 0.29) is 5.69 Å². The maximum atomic E-state index is 10.6.